The van der Waals surface area contributed by atoms with Gasteiger partial charge in [0.25, 0.3) is 0 Å². The lowest BCUT2D eigenvalue weighted by Crippen LogP contribution is -2.15. The van der Waals surface area contributed by atoms with Crippen LogP contribution in [-0.2, 0) is 4.79 Å². The lowest BCUT2D eigenvalue weighted by Gasteiger charge is -2.07. The van der Waals surface area contributed by atoms with E-state index in [9.17, 15) is 9.18 Å². The summed E-state index contributed by atoms with van der Waals surface area (Å²) >= 11 is 18.7. The minimum Gasteiger partial charge on any atom is -0.323 e. The first-order valence-corrected chi connectivity index (χ1v) is 7.90. The second-order valence-electron chi connectivity index (χ2n) is 4.04. The molecular weight excluding hydrogens is 356 g/mol. The van der Waals surface area contributed by atoms with Crippen LogP contribution >= 0.6 is 46.6 Å². The Morgan fingerprint density at radius 2 is 1.76 bits per heavy atom. The maximum absolute atomic E-state index is 13.5. The van der Waals surface area contributed by atoms with Crippen LogP contribution in [0.25, 0.3) is 0 Å². The van der Waals surface area contributed by atoms with Gasteiger partial charge >= 0.3 is 0 Å². The summed E-state index contributed by atoms with van der Waals surface area (Å²) in [6, 6.07) is 9.04. The molecular formula is C14H9Cl3FNOS. The Hall–Kier alpha value is -0.940. The largest absolute Gasteiger partial charge is 0.323 e. The van der Waals surface area contributed by atoms with Crippen LogP contribution in [0.4, 0.5) is 10.1 Å². The standard InChI is InChI=1S/C14H9Cl3FNOS/c15-8-2-4-12(11(18)5-8)19-14(20)7-21-13-6-9(16)1-3-10(13)17/h1-6H,7H2,(H,19,20). The van der Waals surface area contributed by atoms with Crippen LogP contribution in [0.5, 0.6) is 0 Å². The van der Waals surface area contributed by atoms with E-state index in [1.807, 2.05) is 0 Å². The molecule has 0 aliphatic carbocycles. The maximum Gasteiger partial charge on any atom is 0.234 e. The molecule has 0 saturated carbocycles. The second-order valence-corrected chi connectivity index (χ2v) is 6.33. The molecule has 0 saturated heterocycles. The summed E-state index contributed by atoms with van der Waals surface area (Å²) in [5.74, 6) is -0.846. The fourth-order valence-corrected chi connectivity index (χ4v) is 2.96. The van der Waals surface area contributed by atoms with Gasteiger partial charge in [0.1, 0.15) is 5.82 Å². The molecule has 0 bridgehead atoms. The van der Waals surface area contributed by atoms with E-state index in [0.29, 0.717) is 14.9 Å². The minimum atomic E-state index is -0.582. The Labute approximate surface area is 140 Å². The Morgan fingerprint density at radius 3 is 2.48 bits per heavy atom. The van der Waals surface area contributed by atoms with E-state index in [0.717, 1.165) is 6.07 Å². The molecule has 2 rings (SSSR count). The van der Waals surface area contributed by atoms with E-state index in [-0.39, 0.29) is 22.4 Å². The van der Waals surface area contributed by atoms with Crippen LogP contribution in [-0.4, -0.2) is 11.7 Å². The van der Waals surface area contributed by atoms with Gasteiger partial charge in [-0.1, -0.05) is 34.8 Å². The lowest BCUT2D eigenvalue weighted by molar-refractivity contribution is -0.113. The third-order valence-corrected chi connectivity index (χ3v) is 4.42. The average Bonchev–Trinajstić information content (AvgIpc) is 2.43. The first-order valence-electron chi connectivity index (χ1n) is 5.78. The van der Waals surface area contributed by atoms with Gasteiger partial charge < -0.3 is 5.32 Å². The zero-order valence-electron chi connectivity index (χ0n) is 10.5. The molecule has 1 amide bonds. The number of amides is 1. The predicted octanol–water partition coefficient (Wildman–Crippen LogP) is 5.52. The molecule has 2 aromatic carbocycles. The Kier molecular flexibility index (Phi) is 5.76. The fraction of sp³-hybridized carbons (Fsp3) is 0.0714. The molecule has 0 spiro atoms. The summed E-state index contributed by atoms with van der Waals surface area (Å²) < 4.78 is 13.5. The molecule has 110 valence electrons. The Balaban J connectivity index is 1.97. The molecule has 21 heavy (non-hydrogen) atoms. The molecule has 0 unspecified atom stereocenters. The summed E-state index contributed by atoms with van der Waals surface area (Å²) in [5, 5.41) is 3.78. The van der Waals surface area contributed by atoms with E-state index in [4.69, 9.17) is 34.8 Å². The van der Waals surface area contributed by atoms with Crippen LogP contribution in [0.2, 0.25) is 15.1 Å². The molecule has 0 fully saturated rings. The third-order valence-electron chi connectivity index (χ3n) is 2.46. The molecule has 0 atom stereocenters. The number of rotatable bonds is 4. The number of nitrogens with one attached hydrogen (secondary N) is 1. The highest BCUT2D eigenvalue weighted by Crippen LogP contribution is 2.30. The highest BCUT2D eigenvalue weighted by molar-refractivity contribution is 8.00. The van der Waals surface area contributed by atoms with Crippen molar-refractivity contribution in [2.45, 2.75) is 4.90 Å². The topological polar surface area (TPSA) is 29.1 Å². The summed E-state index contributed by atoms with van der Waals surface area (Å²) in [5.41, 5.74) is 0.0854. The van der Waals surface area contributed by atoms with Crippen molar-refractivity contribution >= 4 is 58.2 Å². The zero-order chi connectivity index (χ0) is 15.4. The van der Waals surface area contributed by atoms with Crippen molar-refractivity contribution in [3.8, 4) is 0 Å². The highest BCUT2D eigenvalue weighted by atomic mass is 35.5. The molecule has 0 radical (unpaired) electrons. The molecule has 2 aromatic rings. The quantitative estimate of drug-likeness (QED) is 0.724. The number of carbonyl (C=O) groups excluding carboxylic acids is 1. The van der Waals surface area contributed by atoms with Gasteiger partial charge in [0.15, 0.2) is 0 Å². The first-order chi connectivity index (χ1) is 9.95. The van der Waals surface area contributed by atoms with E-state index in [1.54, 1.807) is 18.2 Å². The smallest absolute Gasteiger partial charge is 0.234 e. The van der Waals surface area contributed by atoms with Gasteiger partial charge in [-0.25, -0.2) is 4.39 Å². The number of benzene rings is 2. The van der Waals surface area contributed by atoms with Crippen molar-refractivity contribution in [3.05, 3.63) is 57.3 Å². The van der Waals surface area contributed by atoms with Gasteiger partial charge in [-0.2, -0.15) is 0 Å². The van der Waals surface area contributed by atoms with Crippen molar-refractivity contribution in [2.75, 3.05) is 11.1 Å². The van der Waals surface area contributed by atoms with Crippen LogP contribution in [0.1, 0.15) is 0 Å². The molecule has 0 aliphatic rings. The monoisotopic (exact) mass is 363 g/mol. The molecule has 0 aromatic heterocycles. The molecule has 7 heteroatoms. The number of halogens is 4. The van der Waals surface area contributed by atoms with Crippen molar-refractivity contribution in [2.24, 2.45) is 0 Å². The summed E-state index contributed by atoms with van der Waals surface area (Å²) in [6.45, 7) is 0. The number of thioether (sulfide) groups is 1. The molecule has 0 heterocycles. The van der Waals surface area contributed by atoms with E-state index in [1.165, 1.54) is 23.9 Å². The number of anilines is 1. The van der Waals surface area contributed by atoms with Crippen molar-refractivity contribution < 1.29 is 9.18 Å². The summed E-state index contributed by atoms with van der Waals surface area (Å²) in [4.78, 5) is 12.5. The second kappa shape index (κ2) is 7.36. The van der Waals surface area contributed by atoms with Crippen LogP contribution in [0.15, 0.2) is 41.3 Å². The van der Waals surface area contributed by atoms with Crippen molar-refractivity contribution in [1.29, 1.82) is 0 Å². The number of hydrogen-bond donors (Lipinski definition) is 1. The Bertz CT molecular complexity index is 681. The van der Waals surface area contributed by atoms with E-state index in [2.05, 4.69) is 5.32 Å². The average molecular weight is 365 g/mol. The van der Waals surface area contributed by atoms with Gasteiger partial charge in [0, 0.05) is 14.9 Å². The number of carbonyl (C=O) groups is 1. The van der Waals surface area contributed by atoms with Gasteiger partial charge in [0.2, 0.25) is 5.91 Å². The highest BCUT2D eigenvalue weighted by Gasteiger charge is 2.10. The van der Waals surface area contributed by atoms with Crippen molar-refractivity contribution in [1.82, 2.24) is 0 Å². The number of hydrogen-bond acceptors (Lipinski definition) is 2. The van der Waals surface area contributed by atoms with Gasteiger partial charge in [-0.05, 0) is 36.4 Å². The van der Waals surface area contributed by atoms with Crippen LogP contribution in [0, 0.1) is 5.82 Å². The maximum atomic E-state index is 13.5. The zero-order valence-corrected chi connectivity index (χ0v) is 13.6. The van der Waals surface area contributed by atoms with Gasteiger partial charge in [-0.3, -0.25) is 4.79 Å². The molecule has 2 nitrogen and oxygen atoms in total. The van der Waals surface area contributed by atoms with E-state index >= 15 is 0 Å². The van der Waals surface area contributed by atoms with Crippen molar-refractivity contribution in [3.63, 3.8) is 0 Å². The van der Waals surface area contributed by atoms with E-state index < -0.39 is 5.82 Å². The SMILES string of the molecule is O=C(CSc1cc(Cl)ccc1Cl)Nc1ccc(Cl)cc1F. The Morgan fingerprint density at radius 1 is 1.10 bits per heavy atom. The minimum absolute atomic E-state index is 0.0854. The first kappa shape index (κ1) is 16.4. The molecule has 0 aliphatic heterocycles. The summed E-state index contributed by atoms with van der Waals surface area (Å²) in [6.07, 6.45) is 0. The van der Waals surface area contributed by atoms with Crippen LogP contribution in [0.3, 0.4) is 0 Å². The molecule has 1 N–H and O–H groups in total. The third kappa shape index (κ3) is 4.78. The van der Waals surface area contributed by atoms with Crippen LogP contribution < -0.4 is 5.32 Å². The predicted molar refractivity (Wildman–Crippen MR) is 87.2 cm³/mol. The lowest BCUT2D eigenvalue weighted by atomic mass is 10.3. The van der Waals surface area contributed by atoms with Gasteiger partial charge in [0.05, 0.1) is 16.5 Å². The summed E-state index contributed by atoms with van der Waals surface area (Å²) in [7, 11) is 0. The van der Waals surface area contributed by atoms with Gasteiger partial charge in [-0.15, -0.1) is 11.8 Å². The normalized spacial score (nSPS) is 10.5. The fourth-order valence-electron chi connectivity index (χ4n) is 1.51.